The van der Waals surface area contributed by atoms with Crippen LogP contribution in [0, 0.1) is 0 Å². The van der Waals surface area contributed by atoms with Crippen LogP contribution in [0.2, 0.25) is 0 Å². The fourth-order valence-electron chi connectivity index (χ4n) is 1.84. The first kappa shape index (κ1) is 17.8. The first-order chi connectivity index (χ1) is 8.45. The van der Waals surface area contributed by atoms with Gasteiger partial charge in [0.25, 0.3) is 0 Å². The number of rotatable bonds is 11. The highest BCUT2D eigenvalue weighted by Gasteiger charge is 2.12. The summed E-state index contributed by atoms with van der Waals surface area (Å²) in [5.41, 5.74) is 0. The maximum Gasteiger partial charge on any atom is 0.211 e. The predicted molar refractivity (Wildman–Crippen MR) is 77.4 cm³/mol. The molecule has 0 amide bonds. The Morgan fingerprint density at radius 2 is 1.56 bits per heavy atom. The zero-order valence-corrected chi connectivity index (χ0v) is 13.1. The summed E-state index contributed by atoms with van der Waals surface area (Å²) in [5, 5.41) is 3.35. The second-order valence-corrected chi connectivity index (χ2v) is 6.37. The van der Waals surface area contributed by atoms with Gasteiger partial charge < -0.3 is 10.2 Å². The minimum atomic E-state index is -3.03. The molecule has 18 heavy (non-hydrogen) atoms. The van der Waals surface area contributed by atoms with Crippen molar-refractivity contribution in [3.05, 3.63) is 0 Å². The van der Waals surface area contributed by atoms with Gasteiger partial charge in [0.15, 0.2) is 0 Å². The highest BCUT2D eigenvalue weighted by atomic mass is 32.2. The standard InChI is InChI=1S/C12H29N3O2S/c1-5-14(6-2)12-10-13-9-8-11-15(7-3)18(4,16)17/h13H,5-12H2,1-4H3. The highest BCUT2D eigenvalue weighted by molar-refractivity contribution is 7.88. The lowest BCUT2D eigenvalue weighted by Crippen LogP contribution is -2.35. The summed E-state index contributed by atoms with van der Waals surface area (Å²) in [5.74, 6) is 0. The smallest absolute Gasteiger partial charge is 0.211 e. The Kier molecular flexibility index (Phi) is 9.63. The van der Waals surface area contributed by atoms with Crippen molar-refractivity contribution in [2.45, 2.75) is 27.2 Å². The molecule has 0 aromatic carbocycles. The topological polar surface area (TPSA) is 52.6 Å². The van der Waals surface area contributed by atoms with E-state index in [-0.39, 0.29) is 0 Å². The van der Waals surface area contributed by atoms with Crippen LogP contribution in [-0.4, -0.2) is 69.7 Å². The Hall–Kier alpha value is -0.170. The Morgan fingerprint density at radius 1 is 0.944 bits per heavy atom. The van der Waals surface area contributed by atoms with E-state index in [4.69, 9.17) is 0 Å². The van der Waals surface area contributed by atoms with Crippen LogP contribution >= 0.6 is 0 Å². The van der Waals surface area contributed by atoms with Crippen LogP contribution in [0.25, 0.3) is 0 Å². The first-order valence-electron chi connectivity index (χ1n) is 6.83. The Balaban J connectivity index is 3.62. The summed E-state index contributed by atoms with van der Waals surface area (Å²) in [6.07, 6.45) is 2.13. The molecule has 1 N–H and O–H groups in total. The molecule has 0 saturated heterocycles. The molecule has 110 valence electrons. The molecule has 0 aliphatic heterocycles. The number of likely N-dealkylation sites (N-methyl/N-ethyl adjacent to an activating group) is 1. The summed E-state index contributed by atoms with van der Waals surface area (Å²) in [7, 11) is -3.03. The third kappa shape index (κ3) is 8.02. The van der Waals surface area contributed by atoms with E-state index in [9.17, 15) is 8.42 Å². The molecule has 0 saturated carbocycles. The largest absolute Gasteiger partial charge is 0.315 e. The molecule has 0 rings (SSSR count). The Bertz CT molecular complexity index is 290. The molecule has 0 aliphatic rings. The van der Waals surface area contributed by atoms with Gasteiger partial charge in [-0.05, 0) is 26.1 Å². The van der Waals surface area contributed by atoms with E-state index in [1.165, 1.54) is 10.6 Å². The summed E-state index contributed by atoms with van der Waals surface area (Å²) < 4.78 is 24.2. The van der Waals surface area contributed by atoms with Crippen LogP contribution in [0.3, 0.4) is 0 Å². The molecule has 0 aromatic heterocycles. The predicted octanol–water partition coefficient (Wildman–Crippen LogP) is 0.589. The van der Waals surface area contributed by atoms with Gasteiger partial charge in [0.2, 0.25) is 10.0 Å². The normalized spacial score (nSPS) is 12.6. The minimum Gasteiger partial charge on any atom is -0.315 e. The van der Waals surface area contributed by atoms with E-state index in [1.54, 1.807) is 0 Å². The van der Waals surface area contributed by atoms with Crippen molar-refractivity contribution >= 4 is 10.0 Å². The van der Waals surface area contributed by atoms with Gasteiger partial charge in [-0.1, -0.05) is 20.8 Å². The van der Waals surface area contributed by atoms with Crippen molar-refractivity contribution in [1.29, 1.82) is 0 Å². The molecule has 0 spiro atoms. The molecule has 0 fully saturated rings. The summed E-state index contributed by atoms with van der Waals surface area (Å²) in [6, 6.07) is 0. The average Bonchev–Trinajstić information content (AvgIpc) is 2.31. The molecular formula is C12H29N3O2S. The number of hydrogen-bond acceptors (Lipinski definition) is 4. The van der Waals surface area contributed by atoms with E-state index < -0.39 is 10.0 Å². The van der Waals surface area contributed by atoms with E-state index >= 15 is 0 Å². The van der Waals surface area contributed by atoms with Gasteiger partial charge >= 0.3 is 0 Å². The maximum atomic E-state index is 11.3. The minimum absolute atomic E-state index is 0.554. The highest BCUT2D eigenvalue weighted by Crippen LogP contribution is 1.98. The SMILES string of the molecule is CCN(CC)CCNCCCN(CC)S(C)(=O)=O. The number of nitrogens with one attached hydrogen (secondary N) is 1. The van der Waals surface area contributed by atoms with Crippen molar-refractivity contribution in [2.24, 2.45) is 0 Å². The van der Waals surface area contributed by atoms with Crippen LogP contribution in [0.15, 0.2) is 0 Å². The summed E-state index contributed by atoms with van der Waals surface area (Å²) >= 11 is 0. The number of hydrogen-bond donors (Lipinski definition) is 1. The van der Waals surface area contributed by atoms with Crippen LogP contribution in [0.4, 0.5) is 0 Å². The molecule has 0 aliphatic carbocycles. The molecule has 6 heteroatoms. The van der Waals surface area contributed by atoms with Gasteiger partial charge in [0.1, 0.15) is 0 Å². The van der Waals surface area contributed by atoms with Gasteiger partial charge in [-0.15, -0.1) is 0 Å². The van der Waals surface area contributed by atoms with Gasteiger partial charge in [0.05, 0.1) is 6.26 Å². The van der Waals surface area contributed by atoms with E-state index in [1.807, 2.05) is 6.92 Å². The fraction of sp³-hybridized carbons (Fsp3) is 1.00. The van der Waals surface area contributed by atoms with E-state index in [0.717, 1.165) is 39.1 Å². The first-order valence-corrected chi connectivity index (χ1v) is 8.68. The zero-order valence-electron chi connectivity index (χ0n) is 12.3. The second kappa shape index (κ2) is 9.72. The van der Waals surface area contributed by atoms with Crippen molar-refractivity contribution in [2.75, 3.05) is 52.1 Å². The fourth-order valence-corrected chi connectivity index (χ4v) is 2.77. The monoisotopic (exact) mass is 279 g/mol. The third-order valence-electron chi connectivity index (χ3n) is 3.08. The molecule has 0 aromatic rings. The molecule has 0 atom stereocenters. The van der Waals surface area contributed by atoms with Gasteiger partial charge in [-0.2, -0.15) is 0 Å². The molecule has 0 unspecified atom stereocenters. The molecule has 0 radical (unpaired) electrons. The van der Waals surface area contributed by atoms with Crippen LogP contribution in [0.5, 0.6) is 0 Å². The maximum absolute atomic E-state index is 11.3. The lowest BCUT2D eigenvalue weighted by molar-refractivity contribution is 0.301. The van der Waals surface area contributed by atoms with Crippen LogP contribution < -0.4 is 5.32 Å². The molecule has 0 heterocycles. The summed E-state index contributed by atoms with van der Waals surface area (Å²) in [6.45, 7) is 12.4. The van der Waals surface area contributed by atoms with Crippen molar-refractivity contribution < 1.29 is 8.42 Å². The second-order valence-electron chi connectivity index (χ2n) is 4.39. The van der Waals surface area contributed by atoms with E-state index in [2.05, 4.69) is 24.1 Å². The molecule has 0 bridgehead atoms. The lowest BCUT2D eigenvalue weighted by Gasteiger charge is -2.19. The Morgan fingerprint density at radius 3 is 2.00 bits per heavy atom. The van der Waals surface area contributed by atoms with Gasteiger partial charge in [0, 0.05) is 26.2 Å². The quantitative estimate of drug-likeness (QED) is 0.563. The zero-order chi connectivity index (χ0) is 14.0. The van der Waals surface area contributed by atoms with Crippen molar-refractivity contribution in [3.8, 4) is 0 Å². The van der Waals surface area contributed by atoms with Crippen molar-refractivity contribution in [3.63, 3.8) is 0 Å². The van der Waals surface area contributed by atoms with Gasteiger partial charge in [-0.25, -0.2) is 12.7 Å². The lowest BCUT2D eigenvalue weighted by atomic mass is 10.4. The third-order valence-corrected chi connectivity index (χ3v) is 4.46. The Labute approximate surface area is 113 Å². The summed E-state index contributed by atoms with van der Waals surface area (Å²) in [4.78, 5) is 2.36. The van der Waals surface area contributed by atoms with Crippen LogP contribution in [0.1, 0.15) is 27.2 Å². The van der Waals surface area contributed by atoms with E-state index in [0.29, 0.717) is 13.1 Å². The van der Waals surface area contributed by atoms with Gasteiger partial charge in [-0.3, -0.25) is 0 Å². The average molecular weight is 279 g/mol. The molecular weight excluding hydrogens is 250 g/mol. The number of sulfonamides is 1. The number of nitrogens with zero attached hydrogens (tertiary/aromatic N) is 2. The molecule has 5 nitrogen and oxygen atoms in total. The van der Waals surface area contributed by atoms with Crippen molar-refractivity contribution in [1.82, 2.24) is 14.5 Å². The van der Waals surface area contributed by atoms with Crippen LogP contribution in [-0.2, 0) is 10.0 Å².